The van der Waals surface area contributed by atoms with Crippen molar-refractivity contribution in [3.63, 3.8) is 0 Å². The van der Waals surface area contributed by atoms with Crippen molar-refractivity contribution in [1.29, 1.82) is 0 Å². The van der Waals surface area contributed by atoms with Crippen LogP contribution in [-0.2, 0) is 24.3 Å². The average molecular weight is 354 g/mol. The van der Waals surface area contributed by atoms with Gasteiger partial charge in [-0.15, -0.1) is 0 Å². The number of aromatic nitrogens is 2. The van der Waals surface area contributed by atoms with E-state index in [1.54, 1.807) is 10.9 Å². The lowest BCUT2D eigenvalue weighted by Crippen LogP contribution is -2.51. The Hall–Kier alpha value is -2.14. The van der Waals surface area contributed by atoms with Gasteiger partial charge < -0.3 is 5.32 Å². The summed E-state index contributed by atoms with van der Waals surface area (Å²) in [5.41, 5.74) is 2.88. The number of fused-ring (bicyclic) bond motifs is 1. The van der Waals surface area contributed by atoms with E-state index >= 15 is 0 Å². The fourth-order valence-electron chi connectivity index (χ4n) is 3.42. The van der Waals surface area contributed by atoms with Crippen molar-refractivity contribution >= 4 is 5.91 Å². The topological polar surface area (TPSA) is 50.2 Å². The molecule has 0 spiro atoms. The zero-order chi connectivity index (χ0) is 18.6. The second kappa shape index (κ2) is 8.04. The largest absolute Gasteiger partial charge is 0.351 e. The van der Waals surface area contributed by atoms with Gasteiger partial charge in [-0.25, -0.2) is 0 Å². The van der Waals surface area contributed by atoms with Crippen LogP contribution in [0.15, 0.2) is 42.7 Å². The summed E-state index contributed by atoms with van der Waals surface area (Å²) in [6.45, 7) is 10.1. The molecule has 1 atom stereocenters. The third-order valence-electron chi connectivity index (χ3n) is 5.16. The maximum Gasteiger partial charge on any atom is 0.222 e. The molecule has 2 aromatic rings. The molecule has 0 bridgehead atoms. The van der Waals surface area contributed by atoms with Gasteiger partial charge in [0.05, 0.1) is 0 Å². The molecule has 5 heteroatoms. The highest BCUT2D eigenvalue weighted by atomic mass is 16.1. The molecule has 26 heavy (non-hydrogen) atoms. The Morgan fingerprint density at radius 3 is 2.69 bits per heavy atom. The number of hydrogen-bond acceptors (Lipinski definition) is 3. The van der Waals surface area contributed by atoms with E-state index in [4.69, 9.17) is 0 Å². The summed E-state index contributed by atoms with van der Waals surface area (Å²) in [7, 11) is 0. The monoisotopic (exact) mass is 354 g/mol. The summed E-state index contributed by atoms with van der Waals surface area (Å²) in [5.74, 6) is 0.0952. The number of nitrogens with zero attached hydrogens (tertiary/aromatic N) is 3. The minimum atomic E-state index is 0.0122. The first-order valence-corrected chi connectivity index (χ1v) is 9.48. The highest BCUT2D eigenvalue weighted by Gasteiger charge is 2.29. The van der Waals surface area contributed by atoms with Gasteiger partial charge in [0.1, 0.15) is 0 Å². The lowest BCUT2D eigenvalue weighted by Gasteiger charge is -2.38. The van der Waals surface area contributed by atoms with Gasteiger partial charge >= 0.3 is 0 Å². The van der Waals surface area contributed by atoms with E-state index < -0.39 is 0 Å². The van der Waals surface area contributed by atoms with Gasteiger partial charge in [-0.2, -0.15) is 5.10 Å². The predicted molar refractivity (Wildman–Crippen MR) is 104 cm³/mol. The fraction of sp³-hybridized carbons (Fsp3) is 0.524. The van der Waals surface area contributed by atoms with Crippen molar-refractivity contribution in [2.45, 2.75) is 52.7 Å². The molecular weight excluding hydrogens is 324 g/mol. The van der Waals surface area contributed by atoms with Crippen LogP contribution in [0.4, 0.5) is 0 Å². The van der Waals surface area contributed by atoms with Crippen LogP contribution in [-0.4, -0.2) is 39.7 Å². The number of hydrogen-bond donors (Lipinski definition) is 1. The molecule has 1 aliphatic heterocycles. The summed E-state index contributed by atoms with van der Waals surface area (Å²) in [4.78, 5) is 14.9. The van der Waals surface area contributed by atoms with E-state index in [1.807, 2.05) is 12.3 Å². The van der Waals surface area contributed by atoms with Gasteiger partial charge in [0, 0.05) is 51.0 Å². The van der Waals surface area contributed by atoms with E-state index in [9.17, 15) is 4.79 Å². The Balaban J connectivity index is 1.57. The molecule has 1 amide bonds. The third kappa shape index (κ3) is 4.94. The summed E-state index contributed by atoms with van der Waals surface area (Å²) < 4.78 is 1.80. The van der Waals surface area contributed by atoms with Gasteiger partial charge in [0.15, 0.2) is 0 Å². The van der Waals surface area contributed by atoms with Crippen LogP contribution in [0.5, 0.6) is 0 Å². The number of aryl methyl sites for hydroxylation is 1. The molecule has 1 aromatic carbocycles. The normalized spacial score (nSPS) is 16.1. The van der Waals surface area contributed by atoms with Gasteiger partial charge in [-0.3, -0.25) is 14.4 Å². The van der Waals surface area contributed by atoms with Crippen molar-refractivity contribution in [3.8, 4) is 0 Å². The Morgan fingerprint density at radius 2 is 2.00 bits per heavy atom. The molecule has 0 radical (unpaired) electrons. The van der Waals surface area contributed by atoms with Gasteiger partial charge in [-0.05, 0) is 29.0 Å². The van der Waals surface area contributed by atoms with E-state index in [2.05, 4.69) is 60.4 Å². The average Bonchev–Trinajstić information content (AvgIpc) is 3.12. The van der Waals surface area contributed by atoms with Crippen molar-refractivity contribution in [3.05, 3.63) is 53.9 Å². The van der Waals surface area contributed by atoms with E-state index in [1.165, 1.54) is 11.1 Å². The number of rotatable bonds is 6. The molecule has 2 heterocycles. The molecule has 1 unspecified atom stereocenters. The number of nitrogens with one attached hydrogen (secondary N) is 1. The standard InChI is InChI=1S/C21H30N4O/c1-21(2,3)19(23-20(26)10-14-25-12-6-11-22-25)16-24-13-9-17-7-4-5-8-18(17)15-24/h4-8,11-12,19H,9-10,13-16H2,1-3H3,(H,23,26). The summed E-state index contributed by atoms with van der Waals surface area (Å²) in [5, 5.41) is 7.43. The van der Waals surface area contributed by atoms with E-state index in [0.717, 1.165) is 26.1 Å². The second-order valence-electron chi connectivity index (χ2n) is 8.26. The molecule has 1 aliphatic rings. The van der Waals surface area contributed by atoms with Crippen LogP contribution in [0, 0.1) is 5.41 Å². The quantitative estimate of drug-likeness (QED) is 0.868. The van der Waals surface area contributed by atoms with Gasteiger partial charge in [0.25, 0.3) is 0 Å². The maximum atomic E-state index is 12.5. The van der Waals surface area contributed by atoms with Crippen molar-refractivity contribution < 1.29 is 4.79 Å². The Kier molecular flexibility index (Phi) is 5.77. The number of carbonyl (C=O) groups excluding carboxylic acids is 1. The zero-order valence-electron chi connectivity index (χ0n) is 16.1. The Bertz CT molecular complexity index is 718. The van der Waals surface area contributed by atoms with Gasteiger partial charge in [0.2, 0.25) is 5.91 Å². The summed E-state index contributed by atoms with van der Waals surface area (Å²) in [6, 6.07) is 10.7. The Morgan fingerprint density at radius 1 is 1.23 bits per heavy atom. The lowest BCUT2D eigenvalue weighted by atomic mass is 9.85. The molecular formula is C21H30N4O. The summed E-state index contributed by atoms with van der Waals surface area (Å²) in [6.07, 6.45) is 5.17. The van der Waals surface area contributed by atoms with Crippen LogP contribution in [0.2, 0.25) is 0 Å². The van der Waals surface area contributed by atoms with E-state index in [0.29, 0.717) is 13.0 Å². The van der Waals surface area contributed by atoms with Crippen LogP contribution in [0.1, 0.15) is 38.3 Å². The van der Waals surface area contributed by atoms with Crippen LogP contribution in [0.25, 0.3) is 0 Å². The van der Waals surface area contributed by atoms with Gasteiger partial charge in [-0.1, -0.05) is 45.0 Å². The number of amides is 1. The van der Waals surface area contributed by atoms with Crippen molar-refractivity contribution in [2.24, 2.45) is 5.41 Å². The molecule has 0 saturated heterocycles. The highest BCUT2D eigenvalue weighted by molar-refractivity contribution is 5.76. The Labute approximate surface area is 156 Å². The molecule has 1 N–H and O–H groups in total. The van der Waals surface area contributed by atoms with Crippen molar-refractivity contribution in [1.82, 2.24) is 20.0 Å². The van der Waals surface area contributed by atoms with Crippen LogP contribution < -0.4 is 5.32 Å². The summed E-state index contributed by atoms with van der Waals surface area (Å²) >= 11 is 0. The minimum absolute atomic E-state index is 0.0122. The molecule has 1 aromatic heterocycles. The fourth-order valence-corrected chi connectivity index (χ4v) is 3.42. The van der Waals surface area contributed by atoms with Crippen molar-refractivity contribution in [2.75, 3.05) is 13.1 Å². The van der Waals surface area contributed by atoms with Crippen LogP contribution in [0.3, 0.4) is 0 Å². The first-order chi connectivity index (χ1) is 12.4. The second-order valence-corrected chi connectivity index (χ2v) is 8.26. The molecule has 3 rings (SSSR count). The molecule has 0 saturated carbocycles. The molecule has 140 valence electrons. The number of benzene rings is 1. The zero-order valence-corrected chi connectivity index (χ0v) is 16.1. The minimum Gasteiger partial charge on any atom is -0.351 e. The third-order valence-corrected chi connectivity index (χ3v) is 5.16. The molecule has 0 fully saturated rings. The SMILES string of the molecule is CC(C)(C)C(CN1CCc2ccccc2C1)NC(=O)CCn1cccn1. The maximum absolute atomic E-state index is 12.5. The lowest BCUT2D eigenvalue weighted by molar-refractivity contribution is -0.123. The molecule has 0 aliphatic carbocycles. The smallest absolute Gasteiger partial charge is 0.222 e. The van der Waals surface area contributed by atoms with Crippen LogP contribution >= 0.6 is 0 Å². The predicted octanol–water partition coefficient (Wildman–Crippen LogP) is 2.86. The first-order valence-electron chi connectivity index (χ1n) is 9.48. The number of carbonyl (C=O) groups is 1. The first kappa shape index (κ1) is 18.6. The van der Waals surface area contributed by atoms with E-state index in [-0.39, 0.29) is 17.4 Å². The molecule has 5 nitrogen and oxygen atoms in total. The highest BCUT2D eigenvalue weighted by Crippen LogP contribution is 2.24.